The summed E-state index contributed by atoms with van der Waals surface area (Å²) in [4.78, 5) is 23.5. The Labute approximate surface area is 151 Å². The maximum atomic E-state index is 12.3. The van der Waals surface area contributed by atoms with E-state index in [2.05, 4.69) is 15.9 Å². The number of methoxy groups -OCH3 is 1. The minimum Gasteiger partial charge on any atom is -0.495 e. The highest BCUT2D eigenvalue weighted by Gasteiger charge is 2.23. The molecule has 2 aromatic carbocycles. The van der Waals surface area contributed by atoms with Gasteiger partial charge in [0.25, 0.3) is 21.6 Å². The van der Waals surface area contributed by atoms with Crippen molar-refractivity contribution in [3.8, 4) is 5.75 Å². The lowest BCUT2D eigenvalue weighted by Gasteiger charge is -2.11. The zero-order valence-corrected chi connectivity index (χ0v) is 15.1. The molecule has 0 heterocycles. The van der Waals surface area contributed by atoms with Crippen LogP contribution in [0, 0.1) is 10.1 Å². The van der Waals surface area contributed by atoms with E-state index in [-0.39, 0.29) is 11.3 Å². The van der Waals surface area contributed by atoms with Gasteiger partial charge in [-0.2, -0.15) is 0 Å². The minimum absolute atomic E-state index is 0.101. The summed E-state index contributed by atoms with van der Waals surface area (Å²) in [6.45, 7) is 0. The number of benzene rings is 2. The van der Waals surface area contributed by atoms with Crippen molar-refractivity contribution in [3.05, 3.63) is 62.6 Å². The molecule has 0 fully saturated rings. The fraction of sp³-hybridized carbons (Fsp3) is 0.0714. The Morgan fingerprint density at radius 3 is 2.40 bits per heavy atom. The summed E-state index contributed by atoms with van der Waals surface area (Å²) in [5.41, 5.74) is 1.83. The van der Waals surface area contributed by atoms with Crippen LogP contribution >= 0.6 is 15.9 Å². The largest absolute Gasteiger partial charge is 0.495 e. The molecule has 0 aliphatic rings. The van der Waals surface area contributed by atoms with Crippen LogP contribution in [0.2, 0.25) is 0 Å². The van der Waals surface area contributed by atoms with Crippen molar-refractivity contribution in [2.75, 3.05) is 7.11 Å². The smallest absolute Gasteiger partial charge is 0.271 e. The molecule has 0 aromatic heterocycles. The Morgan fingerprint density at radius 1 is 1.20 bits per heavy atom. The molecule has 11 heteroatoms. The highest BCUT2D eigenvalue weighted by atomic mass is 79.9. The summed E-state index contributed by atoms with van der Waals surface area (Å²) in [5, 5.41) is 10.8. The number of hydrogen-bond acceptors (Lipinski definition) is 6. The van der Waals surface area contributed by atoms with Gasteiger partial charge in [0.05, 0.1) is 12.0 Å². The molecule has 2 rings (SSSR count). The Bertz CT molecular complexity index is 915. The van der Waals surface area contributed by atoms with Crippen LogP contribution in [0.4, 0.5) is 5.69 Å². The zero-order valence-electron chi connectivity index (χ0n) is 12.7. The maximum absolute atomic E-state index is 12.3. The second-order valence-electron chi connectivity index (χ2n) is 4.66. The van der Waals surface area contributed by atoms with E-state index in [9.17, 15) is 23.3 Å². The maximum Gasteiger partial charge on any atom is 0.271 e. The Hall–Kier alpha value is -2.50. The number of nitro groups is 1. The summed E-state index contributed by atoms with van der Waals surface area (Å²) in [7, 11) is -3.07. The molecule has 0 bridgehead atoms. The van der Waals surface area contributed by atoms with Gasteiger partial charge in [0, 0.05) is 22.2 Å². The van der Waals surface area contributed by atoms with E-state index in [1.807, 2.05) is 10.3 Å². The quantitative estimate of drug-likeness (QED) is 0.533. The van der Waals surface area contributed by atoms with E-state index in [1.54, 1.807) is 12.1 Å². The number of nitro benzene ring substituents is 1. The van der Waals surface area contributed by atoms with Crippen molar-refractivity contribution in [2.45, 2.75) is 4.90 Å². The first kappa shape index (κ1) is 18.8. The molecule has 0 spiro atoms. The molecule has 0 aliphatic heterocycles. The van der Waals surface area contributed by atoms with Crippen molar-refractivity contribution in [3.63, 3.8) is 0 Å². The number of halogens is 1. The number of ether oxygens (including phenoxy) is 1. The lowest BCUT2D eigenvalue weighted by Crippen LogP contribution is -2.41. The number of amides is 1. The Morgan fingerprint density at radius 2 is 1.84 bits per heavy atom. The predicted octanol–water partition coefficient (Wildman–Crippen LogP) is 1.99. The molecule has 1 amide bonds. The van der Waals surface area contributed by atoms with Gasteiger partial charge < -0.3 is 4.74 Å². The first-order chi connectivity index (χ1) is 11.7. The van der Waals surface area contributed by atoms with Gasteiger partial charge in [0.2, 0.25) is 0 Å². The van der Waals surface area contributed by atoms with Gasteiger partial charge in [0.1, 0.15) is 10.6 Å². The van der Waals surface area contributed by atoms with Crippen LogP contribution in [0.5, 0.6) is 5.75 Å². The van der Waals surface area contributed by atoms with E-state index in [4.69, 9.17) is 4.74 Å². The average molecular weight is 430 g/mol. The molecule has 0 saturated heterocycles. The predicted molar refractivity (Wildman–Crippen MR) is 91.6 cm³/mol. The third-order valence-electron chi connectivity index (χ3n) is 3.05. The molecule has 25 heavy (non-hydrogen) atoms. The second-order valence-corrected chi connectivity index (χ2v) is 7.23. The molecule has 2 aromatic rings. The summed E-state index contributed by atoms with van der Waals surface area (Å²) in [5.74, 6) is -0.795. The van der Waals surface area contributed by atoms with Crippen LogP contribution in [-0.4, -0.2) is 26.4 Å². The monoisotopic (exact) mass is 429 g/mol. The Balaban J connectivity index is 2.24. The van der Waals surface area contributed by atoms with Crippen LogP contribution in [0.15, 0.2) is 51.8 Å². The summed E-state index contributed by atoms with van der Waals surface area (Å²) < 4.78 is 30.3. The number of hydrogen-bond donors (Lipinski definition) is 2. The standard InChI is InChI=1S/C14H12BrN3O6S/c1-24-12-7-6-11(18(20)21)8-13(12)25(22,23)17-16-14(19)9-2-4-10(15)5-3-9/h2-8,17H,1H3,(H,16,19). The van der Waals surface area contributed by atoms with Crippen molar-refractivity contribution in [1.29, 1.82) is 0 Å². The molecule has 132 valence electrons. The van der Waals surface area contributed by atoms with Crippen LogP contribution in [0.25, 0.3) is 0 Å². The highest BCUT2D eigenvalue weighted by Crippen LogP contribution is 2.27. The number of carbonyl (C=O) groups excluding carboxylic acids is 1. The molecule has 9 nitrogen and oxygen atoms in total. The van der Waals surface area contributed by atoms with E-state index in [0.29, 0.717) is 0 Å². The Kier molecular flexibility index (Phi) is 5.72. The number of hydrazine groups is 1. The van der Waals surface area contributed by atoms with Crippen LogP contribution in [-0.2, 0) is 10.0 Å². The van der Waals surface area contributed by atoms with Gasteiger partial charge in [0.15, 0.2) is 0 Å². The fourth-order valence-electron chi connectivity index (χ4n) is 1.83. The molecule has 0 radical (unpaired) electrons. The SMILES string of the molecule is COc1ccc([N+](=O)[O-])cc1S(=O)(=O)NNC(=O)c1ccc(Br)cc1. The number of nitrogens with one attached hydrogen (secondary N) is 2. The van der Waals surface area contributed by atoms with Gasteiger partial charge in [-0.25, -0.2) is 8.42 Å². The van der Waals surface area contributed by atoms with Crippen molar-refractivity contribution in [1.82, 2.24) is 10.3 Å². The van der Waals surface area contributed by atoms with Gasteiger partial charge in [-0.05, 0) is 30.3 Å². The van der Waals surface area contributed by atoms with Gasteiger partial charge in [-0.3, -0.25) is 20.3 Å². The fourth-order valence-corrected chi connectivity index (χ4v) is 3.12. The third-order valence-corrected chi connectivity index (χ3v) is 4.85. The van der Waals surface area contributed by atoms with E-state index >= 15 is 0 Å². The van der Waals surface area contributed by atoms with E-state index in [1.165, 1.54) is 19.2 Å². The molecular weight excluding hydrogens is 418 g/mol. The van der Waals surface area contributed by atoms with Gasteiger partial charge >= 0.3 is 0 Å². The van der Waals surface area contributed by atoms with Gasteiger partial charge in [-0.1, -0.05) is 15.9 Å². The van der Waals surface area contributed by atoms with Crippen molar-refractivity contribution in [2.24, 2.45) is 0 Å². The summed E-state index contributed by atoms with van der Waals surface area (Å²) in [6.07, 6.45) is 0. The highest BCUT2D eigenvalue weighted by molar-refractivity contribution is 9.10. The lowest BCUT2D eigenvalue weighted by atomic mass is 10.2. The second kappa shape index (κ2) is 7.59. The molecule has 2 N–H and O–H groups in total. The lowest BCUT2D eigenvalue weighted by molar-refractivity contribution is -0.385. The third kappa shape index (κ3) is 4.53. The zero-order chi connectivity index (χ0) is 18.6. The molecule has 0 aliphatic carbocycles. The molecule has 0 saturated carbocycles. The normalized spacial score (nSPS) is 11.0. The average Bonchev–Trinajstić information content (AvgIpc) is 2.59. The van der Waals surface area contributed by atoms with E-state index in [0.717, 1.165) is 22.7 Å². The number of rotatable bonds is 6. The number of carbonyl (C=O) groups is 1. The molecule has 0 atom stereocenters. The molecule has 0 unspecified atom stereocenters. The van der Waals surface area contributed by atoms with Crippen molar-refractivity contribution < 1.29 is 22.9 Å². The topological polar surface area (TPSA) is 128 Å². The van der Waals surface area contributed by atoms with Crippen molar-refractivity contribution >= 4 is 37.5 Å². The molecular formula is C14H12BrN3O6S. The van der Waals surface area contributed by atoms with E-state index < -0.39 is 31.4 Å². The van der Waals surface area contributed by atoms with Crippen LogP contribution in [0.3, 0.4) is 0 Å². The summed E-state index contributed by atoms with van der Waals surface area (Å²) in [6, 6.07) is 9.32. The van der Waals surface area contributed by atoms with Crippen LogP contribution in [0.1, 0.15) is 10.4 Å². The van der Waals surface area contributed by atoms with Gasteiger partial charge in [-0.15, -0.1) is 4.83 Å². The summed E-state index contributed by atoms with van der Waals surface area (Å²) >= 11 is 3.22. The first-order valence-electron chi connectivity index (χ1n) is 6.65. The minimum atomic E-state index is -4.29. The number of non-ortho nitro benzene ring substituents is 1. The first-order valence-corrected chi connectivity index (χ1v) is 8.92. The van der Waals surface area contributed by atoms with Crippen LogP contribution < -0.4 is 15.0 Å². The number of sulfonamides is 1. The number of nitrogens with zero attached hydrogens (tertiary/aromatic N) is 1.